The molecule has 2 nitrogen and oxygen atoms in total. The summed E-state index contributed by atoms with van der Waals surface area (Å²) in [7, 11) is 0. The van der Waals surface area contributed by atoms with Crippen LogP contribution in [0.1, 0.15) is 11.1 Å². The molecule has 0 fully saturated rings. The first-order valence-corrected chi connectivity index (χ1v) is 13.5. The number of nitrogens with zero attached hydrogens (tertiary/aromatic N) is 2. The smallest absolute Gasteiger partial charge is 0.225 e. The van der Waals surface area contributed by atoms with Crippen LogP contribution in [0.5, 0.6) is 0 Å². The molecule has 0 atom stereocenters. The average Bonchev–Trinajstić information content (AvgIpc) is 3.35. The van der Waals surface area contributed by atoms with Crippen molar-refractivity contribution in [1.82, 2.24) is 4.57 Å². The van der Waals surface area contributed by atoms with Gasteiger partial charge in [-0.25, -0.2) is 9.13 Å². The third-order valence-corrected chi connectivity index (χ3v) is 7.51. The van der Waals surface area contributed by atoms with Crippen molar-refractivity contribution in [2.45, 2.75) is 13.1 Å². The molecule has 6 aromatic carbocycles. The number of hydrogen-bond acceptors (Lipinski definition) is 0. The van der Waals surface area contributed by atoms with Crippen LogP contribution in [0.4, 0.5) is 0 Å². The second-order valence-electron chi connectivity index (χ2n) is 10.2. The molecule has 7 aromatic rings. The molecular formula is C37H29N2+. The summed E-state index contributed by atoms with van der Waals surface area (Å²) in [6, 6.07) is 52.4. The van der Waals surface area contributed by atoms with Gasteiger partial charge in [0, 0.05) is 11.1 Å². The number of rotatable bonds is 6. The van der Waals surface area contributed by atoms with Crippen molar-refractivity contribution in [3.63, 3.8) is 0 Å². The average molecular weight is 502 g/mol. The van der Waals surface area contributed by atoms with E-state index in [0.29, 0.717) is 0 Å². The Morgan fingerprint density at radius 2 is 0.974 bits per heavy atom. The van der Waals surface area contributed by atoms with Crippen molar-refractivity contribution < 1.29 is 4.57 Å². The molecule has 2 heteroatoms. The van der Waals surface area contributed by atoms with Crippen LogP contribution < -0.4 is 4.57 Å². The number of fused-ring (bicyclic) bond motifs is 2. The minimum Gasteiger partial charge on any atom is -0.225 e. The first-order valence-electron chi connectivity index (χ1n) is 13.5. The van der Waals surface area contributed by atoms with Crippen LogP contribution in [-0.4, -0.2) is 4.57 Å². The molecule has 0 N–H and O–H groups in total. The van der Waals surface area contributed by atoms with Gasteiger partial charge in [0.15, 0.2) is 11.4 Å². The van der Waals surface area contributed by atoms with Gasteiger partial charge in [0.25, 0.3) is 0 Å². The van der Waals surface area contributed by atoms with Gasteiger partial charge < -0.3 is 0 Å². The van der Waals surface area contributed by atoms with E-state index in [1.165, 1.54) is 55.2 Å². The zero-order valence-corrected chi connectivity index (χ0v) is 21.7. The molecule has 0 aliphatic heterocycles. The maximum absolute atomic E-state index is 2.42. The van der Waals surface area contributed by atoms with Gasteiger partial charge in [-0.15, -0.1) is 0 Å². The second-order valence-corrected chi connectivity index (χ2v) is 10.2. The fourth-order valence-corrected chi connectivity index (χ4v) is 5.66. The Morgan fingerprint density at radius 3 is 1.62 bits per heavy atom. The molecule has 0 amide bonds. The summed E-state index contributed by atoms with van der Waals surface area (Å²) in [6.45, 7) is 1.58. The lowest BCUT2D eigenvalue weighted by atomic mass is 10.0. The fraction of sp³-hybridized carbons (Fsp3) is 0.0541. The van der Waals surface area contributed by atoms with E-state index >= 15 is 0 Å². The Labute approximate surface area is 229 Å². The summed E-state index contributed by atoms with van der Waals surface area (Å²) in [5.74, 6) is 0. The van der Waals surface area contributed by atoms with Crippen molar-refractivity contribution in [1.29, 1.82) is 0 Å². The number of aromatic nitrogens is 2. The largest absolute Gasteiger partial charge is 0.245 e. The molecule has 0 aliphatic carbocycles. The van der Waals surface area contributed by atoms with Crippen LogP contribution in [0.15, 0.2) is 152 Å². The van der Waals surface area contributed by atoms with Crippen molar-refractivity contribution in [3.05, 3.63) is 163 Å². The standard InChI is InChI=1S/C37H29N2/c1-3-13-32(14-4-1)36-37(33-15-5-2-6-16-33)39(26-29-20-22-31-12-8-10-18-35(31)24-29)27-38(36)25-28-19-21-30-11-7-9-17-34(30)23-28/h1-24,27H,25-26H2/q+1. The zero-order valence-electron chi connectivity index (χ0n) is 21.7. The van der Waals surface area contributed by atoms with E-state index < -0.39 is 0 Å². The molecule has 0 bridgehead atoms. The summed E-state index contributed by atoms with van der Waals surface area (Å²) < 4.78 is 4.84. The van der Waals surface area contributed by atoms with Crippen LogP contribution in [0.25, 0.3) is 44.1 Å². The molecule has 0 saturated heterocycles. The quantitative estimate of drug-likeness (QED) is 0.202. The lowest BCUT2D eigenvalue weighted by Gasteiger charge is -2.08. The maximum atomic E-state index is 2.42. The highest BCUT2D eigenvalue weighted by molar-refractivity contribution is 5.84. The van der Waals surface area contributed by atoms with Crippen LogP contribution in [0, 0.1) is 0 Å². The van der Waals surface area contributed by atoms with Gasteiger partial charge in [-0.3, -0.25) is 0 Å². The van der Waals surface area contributed by atoms with E-state index in [0.717, 1.165) is 13.1 Å². The van der Waals surface area contributed by atoms with Gasteiger partial charge in [-0.05, 0) is 44.8 Å². The predicted octanol–water partition coefficient (Wildman–Crippen LogP) is 8.51. The summed E-state index contributed by atoms with van der Waals surface area (Å²) in [6.07, 6.45) is 2.30. The van der Waals surface area contributed by atoms with Crippen molar-refractivity contribution >= 4 is 21.5 Å². The Hall–Kier alpha value is -4.95. The Kier molecular flexibility index (Phi) is 5.99. The third kappa shape index (κ3) is 4.62. The highest BCUT2D eigenvalue weighted by Crippen LogP contribution is 2.31. The number of imidazole rings is 1. The summed E-state index contributed by atoms with van der Waals surface area (Å²) in [4.78, 5) is 0. The molecule has 0 saturated carbocycles. The molecule has 0 spiro atoms. The summed E-state index contributed by atoms with van der Waals surface area (Å²) in [5.41, 5.74) is 7.48. The Bertz CT molecular complexity index is 1760. The number of benzene rings is 6. The normalized spacial score (nSPS) is 11.3. The molecule has 39 heavy (non-hydrogen) atoms. The molecule has 1 heterocycles. The van der Waals surface area contributed by atoms with Gasteiger partial charge >= 0.3 is 0 Å². The Balaban J connectivity index is 1.40. The fourth-order valence-electron chi connectivity index (χ4n) is 5.66. The van der Waals surface area contributed by atoms with E-state index in [1.54, 1.807) is 0 Å². The Morgan fingerprint density at radius 1 is 0.462 bits per heavy atom. The van der Waals surface area contributed by atoms with Gasteiger partial charge in [-0.2, -0.15) is 0 Å². The summed E-state index contributed by atoms with van der Waals surface area (Å²) in [5, 5.41) is 5.09. The first-order chi connectivity index (χ1) is 19.3. The minimum atomic E-state index is 0.791. The lowest BCUT2D eigenvalue weighted by molar-refractivity contribution is -0.677. The van der Waals surface area contributed by atoms with Gasteiger partial charge in [-0.1, -0.05) is 133 Å². The first kappa shape index (κ1) is 23.2. The van der Waals surface area contributed by atoms with Crippen molar-refractivity contribution in [2.75, 3.05) is 0 Å². The summed E-state index contributed by atoms with van der Waals surface area (Å²) >= 11 is 0. The highest BCUT2D eigenvalue weighted by atomic mass is 15.1. The van der Waals surface area contributed by atoms with Gasteiger partial charge in [0.1, 0.15) is 13.1 Å². The molecule has 7 rings (SSSR count). The molecule has 1 aromatic heterocycles. The maximum Gasteiger partial charge on any atom is 0.245 e. The van der Waals surface area contributed by atoms with Crippen molar-refractivity contribution in [2.24, 2.45) is 0 Å². The van der Waals surface area contributed by atoms with Crippen molar-refractivity contribution in [3.8, 4) is 22.5 Å². The van der Waals surface area contributed by atoms with Gasteiger partial charge in [0.2, 0.25) is 6.33 Å². The van der Waals surface area contributed by atoms with E-state index in [1.807, 2.05) is 0 Å². The molecular weight excluding hydrogens is 472 g/mol. The number of hydrogen-bond donors (Lipinski definition) is 0. The van der Waals surface area contributed by atoms with E-state index in [-0.39, 0.29) is 0 Å². The minimum absolute atomic E-state index is 0.791. The molecule has 0 aliphatic rings. The molecule has 186 valence electrons. The topological polar surface area (TPSA) is 8.81 Å². The highest BCUT2D eigenvalue weighted by Gasteiger charge is 2.26. The second kappa shape index (κ2) is 10.1. The third-order valence-electron chi connectivity index (χ3n) is 7.51. The molecule has 0 radical (unpaired) electrons. The van der Waals surface area contributed by atoms with E-state index in [4.69, 9.17) is 0 Å². The zero-order chi connectivity index (χ0) is 26.0. The lowest BCUT2D eigenvalue weighted by Crippen LogP contribution is -2.34. The van der Waals surface area contributed by atoms with Crippen LogP contribution in [0.3, 0.4) is 0 Å². The molecule has 0 unspecified atom stereocenters. The van der Waals surface area contributed by atoms with E-state index in [2.05, 4.69) is 161 Å². The van der Waals surface area contributed by atoms with Crippen LogP contribution in [0.2, 0.25) is 0 Å². The predicted molar refractivity (Wildman–Crippen MR) is 162 cm³/mol. The van der Waals surface area contributed by atoms with Crippen LogP contribution in [-0.2, 0) is 13.1 Å². The monoisotopic (exact) mass is 501 g/mol. The van der Waals surface area contributed by atoms with Crippen LogP contribution >= 0.6 is 0 Å². The SMILES string of the molecule is c1ccc(-c2c(-c3ccccc3)[n+](Cc3ccc4ccccc4c3)cn2Cc2ccc3ccccc3c2)cc1. The van der Waals surface area contributed by atoms with Gasteiger partial charge in [0.05, 0.1) is 0 Å². The van der Waals surface area contributed by atoms with E-state index in [9.17, 15) is 0 Å².